The summed E-state index contributed by atoms with van der Waals surface area (Å²) in [5.74, 6) is 0. The Labute approximate surface area is 140 Å². The summed E-state index contributed by atoms with van der Waals surface area (Å²) in [4.78, 5) is 2.46. The monoisotopic (exact) mass is 372 g/mol. The first-order valence-electron chi connectivity index (χ1n) is 7.88. The highest BCUT2D eigenvalue weighted by Crippen LogP contribution is 2.31. The molecule has 1 aromatic heterocycles. The quantitative estimate of drug-likeness (QED) is 0.792. The standard InChI is InChI=1S/C16H25BrN2OS/c1-19(8-13-7-15(17)21-9-13)11-16(5-2-6-20-12-16)10-18-14-3-4-14/h7,9,14,18H,2-6,8,10-12H2,1H3. The van der Waals surface area contributed by atoms with Crippen LogP contribution in [0.5, 0.6) is 0 Å². The minimum atomic E-state index is 0.294. The molecule has 1 unspecified atom stereocenters. The second kappa shape index (κ2) is 7.09. The number of nitrogens with one attached hydrogen (secondary N) is 1. The van der Waals surface area contributed by atoms with Crippen molar-refractivity contribution >= 4 is 27.3 Å². The van der Waals surface area contributed by atoms with Crippen LogP contribution < -0.4 is 5.32 Å². The van der Waals surface area contributed by atoms with Crippen LogP contribution in [0.15, 0.2) is 15.2 Å². The van der Waals surface area contributed by atoms with E-state index in [1.54, 1.807) is 11.3 Å². The van der Waals surface area contributed by atoms with Gasteiger partial charge in [0.05, 0.1) is 10.4 Å². The number of hydrogen-bond acceptors (Lipinski definition) is 4. The molecule has 1 aromatic rings. The minimum Gasteiger partial charge on any atom is -0.381 e. The van der Waals surface area contributed by atoms with Crippen LogP contribution in [0.1, 0.15) is 31.2 Å². The van der Waals surface area contributed by atoms with Crippen LogP contribution in [0.25, 0.3) is 0 Å². The third-order valence-electron chi connectivity index (χ3n) is 4.43. The van der Waals surface area contributed by atoms with Gasteiger partial charge in [-0.3, -0.25) is 0 Å². The summed E-state index contributed by atoms with van der Waals surface area (Å²) in [6.45, 7) is 5.08. The molecule has 1 aliphatic heterocycles. The highest BCUT2D eigenvalue weighted by atomic mass is 79.9. The largest absolute Gasteiger partial charge is 0.381 e. The number of ether oxygens (including phenoxy) is 1. The van der Waals surface area contributed by atoms with Crippen molar-refractivity contribution in [2.45, 2.75) is 38.3 Å². The van der Waals surface area contributed by atoms with Crippen LogP contribution in [-0.4, -0.2) is 44.3 Å². The van der Waals surface area contributed by atoms with E-state index < -0.39 is 0 Å². The Hall–Kier alpha value is 0.0600. The van der Waals surface area contributed by atoms with Crippen LogP contribution in [0, 0.1) is 5.41 Å². The fraction of sp³-hybridized carbons (Fsp3) is 0.750. The summed E-state index contributed by atoms with van der Waals surface area (Å²) >= 11 is 5.32. The molecule has 2 aliphatic rings. The molecule has 0 radical (unpaired) electrons. The van der Waals surface area contributed by atoms with Gasteiger partial charge >= 0.3 is 0 Å². The van der Waals surface area contributed by atoms with Crippen molar-refractivity contribution < 1.29 is 4.74 Å². The van der Waals surface area contributed by atoms with E-state index in [1.807, 2.05) is 0 Å². The first-order chi connectivity index (χ1) is 10.2. The number of thiophene rings is 1. The second-order valence-corrected chi connectivity index (χ2v) is 9.03. The topological polar surface area (TPSA) is 24.5 Å². The molecule has 1 aliphatic carbocycles. The normalized spacial score (nSPS) is 26.4. The van der Waals surface area contributed by atoms with Crippen molar-refractivity contribution in [3.05, 3.63) is 20.8 Å². The van der Waals surface area contributed by atoms with Crippen molar-refractivity contribution in [3.8, 4) is 0 Å². The fourth-order valence-electron chi connectivity index (χ4n) is 3.25. The zero-order valence-corrected chi connectivity index (χ0v) is 15.1. The third kappa shape index (κ3) is 4.76. The molecule has 21 heavy (non-hydrogen) atoms. The Morgan fingerprint density at radius 3 is 3.00 bits per heavy atom. The van der Waals surface area contributed by atoms with Gasteiger partial charge in [-0.05, 0) is 65.7 Å². The molecule has 2 fully saturated rings. The molecule has 1 N–H and O–H groups in total. The maximum Gasteiger partial charge on any atom is 0.0701 e. The lowest BCUT2D eigenvalue weighted by Crippen LogP contribution is -2.48. The Bertz CT molecular complexity index is 455. The van der Waals surface area contributed by atoms with Gasteiger partial charge in [0, 0.05) is 37.7 Å². The first kappa shape index (κ1) is 15.9. The van der Waals surface area contributed by atoms with Gasteiger partial charge in [-0.15, -0.1) is 11.3 Å². The highest BCUT2D eigenvalue weighted by Gasteiger charge is 2.35. The van der Waals surface area contributed by atoms with Crippen molar-refractivity contribution in [3.63, 3.8) is 0 Å². The van der Waals surface area contributed by atoms with E-state index in [0.717, 1.165) is 38.9 Å². The van der Waals surface area contributed by atoms with E-state index in [4.69, 9.17) is 4.74 Å². The zero-order chi connectivity index (χ0) is 14.7. The van der Waals surface area contributed by atoms with Crippen LogP contribution in [-0.2, 0) is 11.3 Å². The summed E-state index contributed by atoms with van der Waals surface area (Å²) in [5, 5.41) is 5.97. The number of rotatable bonds is 7. The third-order valence-corrected chi connectivity index (χ3v) is 5.98. The summed E-state index contributed by atoms with van der Waals surface area (Å²) in [7, 11) is 2.24. The van der Waals surface area contributed by atoms with Gasteiger partial charge in [0.1, 0.15) is 0 Å². The first-order valence-corrected chi connectivity index (χ1v) is 9.55. The number of hydrogen-bond donors (Lipinski definition) is 1. The predicted molar refractivity (Wildman–Crippen MR) is 91.9 cm³/mol. The van der Waals surface area contributed by atoms with Gasteiger partial charge in [0.15, 0.2) is 0 Å². The molecule has 0 aromatic carbocycles. The molecule has 3 nitrogen and oxygen atoms in total. The molecule has 0 bridgehead atoms. The van der Waals surface area contributed by atoms with Gasteiger partial charge in [0.25, 0.3) is 0 Å². The number of nitrogens with zero attached hydrogens (tertiary/aromatic N) is 1. The highest BCUT2D eigenvalue weighted by molar-refractivity contribution is 9.11. The lowest BCUT2D eigenvalue weighted by Gasteiger charge is -2.40. The van der Waals surface area contributed by atoms with Crippen LogP contribution in [0.3, 0.4) is 0 Å². The molecule has 3 rings (SSSR count). The summed E-state index contributed by atoms with van der Waals surface area (Å²) in [6.07, 6.45) is 5.19. The summed E-state index contributed by atoms with van der Waals surface area (Å²) in [5.41, 5.74) is 1.69. The molecule has 118 valence electrons. The Balaban J connectivity index is 1.56. The lowest BCUT2D eigenvalue weighted by molar-refractivity contribution is -0.0238. The van der Waals surface area contributed by atoms with E-state index in [9.17, 15) is 0 Å². The molecule has 5 heteroatoms. The Morgan fingerprint density at radius 2 is 2.38 bits per heavy atom. The van der Waals surface area contributed by atoms with Crippen molar-refractivity contribution in [1.82, 2.24) is 10.2 Å². The van der Waals surface area contributed by atoms with Gasteiger partial charge in [-0.25, -0.2) is 0 Å². The zero-order valence-electron chi connectivity index (χ0n) is 12.7. The van der Waals surface area contributed by atoms with Crippen molar-refractivity contribution in [2.75, 3.05) is 33.4 Å². The van der Waals surface area contributed by atoms with Crippen molar-refractivity contribution in [2.24, 2.45) is 5.41 Å². The van der Waals surface area contributed by atoms with Gasteiger partial charge in [0.2, 0.25) is 0 Å². The van der Waals surface area contributed by atoms with Gasteiger partial charge < -0.3 is 15.0 Å². The Morgan fingerprint density at radius 1 is 1.52 bits per heavy atom. The maximum atomic E-state index is 5.82. The van der Waals surface area contributed by atoms with E-state index in [1.165, 1.54) is 35.0 Å². The smallest absolute Gasteiger partial charge is 0.0701 e. The van der Waals surface area contributed by atoms with Crippen molar-refractivity contribution in [1.29, 1.82) is 0 Å². The molecular weight excluding hydrogens is 348 g/mol. The average molecular weight is 373 g/mol. The molecule has 0 spiro atoms. The lowest BCUT2D eigenvalue weighted by atomic mass is 9.81. The summed E-state index contributed by atoms with van der Waals surface area (Å²) in [6, 6.07) is 3.01. The molecular formula is C16H25BrN2OS. The molecule has 1 saturated heterocycles. The van der Waals surface area contributed by atoms with Gasteiger partial charge in [-0.2, -0.15) is 0 Å². The SMILES string of the molecule is CN(Cc1csc(Br)c1)CC1(CNC2CC2)CCCOC1. The molecule has 0 amide bonds. The molecule has 1 atom stereocenters. The van der Waals surface area contributed by atoms with E-state index in [0.29, 0.717) is 5.41 Å². The molecule has 2 heterocycles. The van der Waals surface area contributed by atoms with Crippen LogP contribution in [0.4, 0.5) is 0 Å². The minimum absolute atomic E-state index is 0.294. The summed E-state index contributed by atoms with van der Waals surface area (Å²) < 4.78 is 7.04. The maximum absolute atomic E-state index is 5.82. The second-order valence-electron chi connectivity index (χ2n) is 6.74. The average Bonchev–Trinajstić information content (AvgIpc) is 3.21. The van der Waals surface area contributed by atoms with Gasteiger partial charge in [-0.1, -0.05) is 0 Å². The van der Waals surface area contributed by atoms with Crippen LogP contribution in [0.2, 0.25) is 0 Å². The molecule has 1 saturated carbocycles. The Kier molecular flexibility index (Phi) is 5.38. The number of halogens is 1. The van der Waals surface area contributed by atoms with E-state index >= 15 is 0 Å². The van der Waals surface area contributed by atoms with Crippen LogP contribution >= 0.6 is 27.3 Å². The predicted octanol–water partition coefficient (Wildman–Crippen LogP) is 3.49. The van der Waals surface area contributed by atoms with E-state index in [-0.39, 0.29) is 0 Å². The van der Waals surface area contributed by atoms with E-state index in [2.05, 4.69) is 44.6 Å². The fourth-order valence-corrected chi connectivity index (χ4v) is 4.45.